The summed E-state index contributed by atoms with van der Waals surface area (Å²) < 4.78 is 11.9. The number of thioether (sulfide) groups is 1. The van der Waals surface area contributed by atoms with Crippen molar-refractivity contribution in [1.82, 2.24) is 4.90 Å². The molecule has 182 valence electrons. The van der Waals surface area contributed by atoms with Crippen molar-refractivity contribution in [3.05, 3.63) is 11.6 Å². The molecule has 0 saturated carbocycles. The van der Waals surface area contributed by atoms with Crippen molar-refractivity contribution >= 4 is 11.8 Å². The Hall–Kier alpha value is -0.190. The lowest BCUT2D eigenvalue weighted by molar-refractivity contribution is 0.0153. The van der Waals surface area contributed by atoms with Gasteiger partial charge in [-0.25, -0.2) is 0 Å². The first-order chi connectivity index (χ1) is 15.4. The second kappa shape index (κ2) is 19.3. The van der Waals surface area contributed by atoms with Crippen LogP contribution in [-0.4, -0.2) is 43.2 Å². The molecule has 0 aromatic heterocycles. The van der Waals surface area contributed by atoms with Gasteiger partial charge in [0, 0.05) is 26.0 Å². The molecule has 2 aliphatic heterocycles. The van der Waals surface area contributed by atoms with Crippen molar-refractivity contribution in [2.24, 2.45) is 5.92 Å². The Morgan fingerprint density at radius 1 is 0.871 bits per heavy atom. The van der Waals surface area contributed by atoms with Gasteiger partial charge in [-0.05, 0) is 43.4 Å². The van der Waals surface area contributed by atoms with Gasteiger partial charge in [0.2, 0.25) is 0 Å². The Morgan fingerprint density at radius 2 is 1.55 bits per heavy atom. The summed E-state index contributed by atoms with van der Waals surface area (Å²) in [6.07, 6.45) is 26.1. The van der Waals surface area contributed by atoms with Crippen molar-refractivity contribution in [3.8, 4) is 0 Å². The van der Waals surface area contributed by atoms with Crippen LogP contribution >= 0.6 is 11.8 Å². The van der Waals surface area contributed by atoms with Crippen LogP contribution in [0.25, 0.3) is 0 Å². The van der Waals surface area contributed by atoms with Crippen LogP contribution in [0, 0.1) is 5.92 Å². The lowest BCUT2D eigenvalue weighted by Gasteiger charge is -2.14. The Balaban J connectivity index is 1.28. The number of hydrogen-bond acceptors (Lipinski definition) is 4. The minimum atomic E-state index is 0.356. The maximum atomic E-state index is 5.98. The highest BCUT2D eigenvalue weighted by atomic mass is 32.2. The molecule has 0 bridgehead atoms. The van der Waals surface area contributed by atoms with E-state index in [0.717, 1.165) is 31.6 Å². The number of rotatable bonds is 21. The molecule has 0 aromatic carbocycles. The molecule has 2 aliphatic rings. The van der Waals surface area contributed by atoms with Crippen LogP contribution < -0.4 is 0 Å². The molecule has 0 spiro atoms. The molecule has 2 rings (SSSR count). The summed E-state index contributed by atoms with van der Waals surface area (Å²) in [4.78, 5) is 2.40. The molecule has 4 heteroatoms. The van der Waals surface area contributed by atoms with Crippen molar-refractivity contribution in [2.75, 3.05) is 32.2 Å². The van der Waals surface area contributed by atoms with E-state index in [2.05, 4.69) is 23.4 Å². The molecule has 2 heterocycles. The van der Waals surface area contributed by atoms with Gasteiger partial charge in [-0.15, -0.1) is 11.8 Å². The summed E-state index contributed by atoms with van der Waals surface area (Å²) in [5.41, 5.74) is 0. The van der Waals surface area contributed by atoms with Crippen LogP contribution in [0.5, 0.6) is 0 Å². The molecule has 3 nitrogen and oxygen atoms in total. The normalized spacial score (nSPS) is 20.9. The third-order valence-electron chi connectivity index (χ3n) is 6.78. The minimum Gasteiger partial charge on any atom is -0.379 e. The standard InChI is InChI=1S/C27H51NO2S/c1-2-3-4-5-6-7-8-9-10-11-12-14-17-26-22-27(30-23-26)24-29-20-16-13-15-18-28-19-21-31-25-28/h19,21,26-27H,2-18,20,22-25H2,1H3. The Bertz CT molecular complexity index is 431. The number of hydrogen-bond donors (Lipinski definition) is 0. The molecule has 31 heavy (non-hydrogen) atoms. The first kappa shape index (κ1) is 27.1. The van der Waals surface area contributed by atoms with Gasteiger partial charge < -0.3 is 14.4 Å². The fourth-order valence-electron chi connectivity index (χ4n) is 4.73. The summed E-state index contributed by atoms with van der Waals surface area (Å²) in [6, 6.07) is 0. The highest BCUT2D eigenvalue weighted by Crippen LogP contribution is 2.25. The van der Waals surface area contributed by atoms with E-state index in [4.69, 9.17) is 9.47 Å². The summed E-state index contributed by atoms with van der Waals surface area (Å²) in [6.45, 7) is 6.15. The topological polar surface area (TPSA) is 21.7 Å². The minimum absolute atomic E-state index is 0.356. The quantitative estimate of drug-likeness (QED) is 0.163. The molecule has 1 saturated heterocycles. The second-order valence-electron chi connectivity index (χ2n) is 9.76. The monoisotopic (exact) mass is 453 g/mol. The highest BCUT2D eigenvalue weighted by Gasteiger charge is 2.24. The Morgan fingerprint density at radius 3 is 2.23 bits per heavy atom. The van der Waals surface area contributed by atoms with Gasteiger partial charge in [0.1, 0.15) is 0 Å². The Labute approximate surface area is 198 Å². The Kier molecular flexibility index (Phi) is 16.8. The fraction of sp³-hybridized carbons (Fsp3) is 0.926. The molecule has 0 aromatic rings. The van der Waals surface area contributed by atoms with E-state index < -0.39 is 0 Å². The van der Waals surface area contributed by atoms with Crippen molar-refractivity contribution in [2.45, 2.75) is 122 Å². The maximum Gasteiger partial charge on any atom is 0.0812 e. The number of ether oxygens (including phenoxy) is 2. The van der Waals surface area contributed by atoms with E-state index in [1.165, 1.54) is 116 Å². The van der Waals surface area contributed by atoms with Gasteiger partial charge in [0.05, 0.1) is 18.6 Å². The van der Waals surface area contributed by atoms with E-state index >= 15 is 0 Å². The molecule has 1 fully saturated rings. The molecule has 2 atom stereocenters. The number of unbranched alkanes of at least 4 members (excludes halogenated alkanes) is 13. The molecule has 0 amide bonds. The molecule has 0 N–H and O–H groups in total. The summed E-state index contributed by atoms with van der Waals surface area (Å²) in [7, 11) is 0. The molecule has 0 aliphatic carbocycles. The van der Waals surface area contributed by atoms with Crippen LogP contribution in [-0.2, 0) is 9.47 Å². The van der Waals surface area contributed by atoms with E-state index in [-0.39, 0.29) is 0 Å². The predicted octanol–water partition coefficient (Wildman–Crippen LogP) is 8.15. The zero-order valence-electron chi connectivity index (χ0n) is 20.5. The van der Waals surface area contributed by atoms with E-state index in [9.17, 15) is 0 Å². The third kappa shape index (κ3) is 14.5. The van der Waals surface area contributed by atoms with Crippen molar-refractivity contribution in [3.63, 3.8) is 0 Å². The summed E-state index contributed by atoms with van der Waals surface area (Å²) in [5, 5.41) is 2.19. The van der Waals surface area contributed by atoms with E-state index in [1.807, 2.05) is 11.8 Å². The summed E-state index contributed by atoms with van der Waals surface area (Å²) in [5.74, 6) is 1.92. The van der Waals surface area contributed by atoms with Crippen LogP contribution in [0.1, 0.15) is 116 Å². The number of nitrogens with zero attached hydrogens (tertiary/aromatic N) is 1. The lowest BCUT2D eigenvalue weighted by Crippen LogP contribution is -2.16. The van der Waals surface area contributed by atoms with Gasteiger partial charge in [0.15, 0.2) is 0 Å². The van der Waals surface area contributed by atoms with Crippen molar-refractivity contribution < 1.29 is 9.47 Å². The van der Waals surface area contributed by atoms with Crippen LogP contribution in [0.2, 0.25) is 0 Å². The average Bonchev–Trinajstić information content (AvgIpc) is 3.46. The zero-order chi connectivity index (χ0) is 21.8. The van der Waals surface area contributed by atoms with Gasteiger partial charge in [-0.1, -0.05) is 84.0 Å². The van der Waals surface area contributed by atoms with Gasteiger partial charge in [0.25, 0.3) is 0 Å². The maximum absolute atomic E-state index is 5.98. The van der Waals surface area contributed by atoms with E-state index in [1.54, 1.807) is 0 Å². The molecular weight excluding hydrogens is 402 g/mol. The largest absolute Gasteiger partial charge is 0.379 e. The van der Waals surface area contributed by atoms with Gasteiger partial charge in [-0.3, -0.25) is 0 Å². The van der Waals surface area contributed by atoms with Gasteiger partial charge >= 0.3 is 0 Å². The zero-order valence-corrected chi connectivity index (χ0v) is 21.4. The molecular formula is C27H51NO2S. The molecule has 2 unspecified atom stereocenters. The highest BCUT2D eigenvalue weighted by molar-refractivity contribution is 8.02. The lowest BCUT2D eigenvalue weighted by atomic mass is 9.97. The smallest absolute Gasteiger partial charge is 0.0812 e. The second-order valence-corrected chi connectivity index (χ2v) is 10.6. The van der Waals surface area contributed by atoms with Crippen LogP contribution in [0.15, 0.2) is 11.6 Å². The third-order valence-corrected chi connectivity index (χ3v) is 7.57. The predicted molar refractivity (Wildman–Crippen MR) is 137 cm³/mol. The van der Waals surface area contributed by atoms with Crippen LogP contribution in [0.3, 0.4) is 0 Å². The summed E-state index contributed by atoms with van der Waals surface area (Å²) >= 11 is 1.89. The van der Waals surface area contributed by atoms with Crippen molar-refractivity contribution in [1.29, 1.82) is 0 Å². The average molecular weight is 454 g/mol. The SMILES string of the molecule is CCCCCCCCCCCCCCC1COC(COCCCCCN2C=CSC2)C1. The van der Waals surface area contributed by atoms with Gasteiger partial charge in [-0.2, -0.15) is 0 Å². The van der Waals surface area contributed by atoms with Crippen LogP contribution in [0.4, 0.5) is 0 Å². The fourth-order valence-corrected chi connectivity index (χ4v) is 5.48. The molecule has 0 radical (unpaired) electrons. The first-order valence-corrected chi connectivity index (χ1v) is 14.6. The first-order valence-electron chi connectivity index (χ1n) is 13.6. The van der Waals surface area contributed by atoms with E-state index in [0.29, 0.717) is 6.10 Å².